The molecule has 31 heavy (non-hydrogen) atoms. The Kier molecular flexibility index (Phi) is 4.16. The van der Waals surface area contributed by atoms with Crippen molar-refractivity contribution in [3.8, 4) is 0 Å². The van der Waals surface area contributed by atoms with Crippen molar-refractivity contribution in [1.82, 2.24) is 4.98 Å². The minimum absolute atomic E-state index is 0.0574. The van der Waals surface area contributed by atoms with Gasteiger partial charge in [0.2, 0.25) is 0 Å². The largest absolute Gasteiger partial charge is 0.393 e. The third-order valence-electron chi connectivity index (χ3n) is 10.3. The molecule has 0 radical (unpaired) electrons. The van der Waals surface area contributed by atoms with Gasteiger partial charge in [0, 0.05) is 34.4 Å². The molecular weight excluding hydrogens is 386 g/mol. The van der Waals surface area contributed by atoms with E-state index in [9.17, 15) is 10.2 Å². The van der Waals surface area contributed by atoms with E-state index in [1.165, 1.54) is 41.4 Å². The number of aromatic nitrogens is 1. The maximum absolute atomic E-state index is 11.3. The molecule has 0 bridgehead atoms. The Labute approximate surface area is 185 Å². The first-order valence-electron chi connectivity index (χ1n) is 12.3. The molecule has 2 heterocycles. The maximum atomic E-state index is 11.3. The summed E-state index contributed by atoms with van der Waals surface area (Å²) >= 11 is 0. The van der Waals surface area contributed by atoms with Crippen LogP contribution in [0.2, 0.25) is 0 Å². The summed E-state index contributed by atoms with van der Waals surface area (Å²) in [5.41, 5.74) is 3.58. The Balaban J connectivity index is 1.41. The molecule has 6 rings (SSSR count). The second-order valence-electron chi connectivity index (χ2n) is 12.0. The Hall–Kier alpha value is -1.36. The van der Waals surface area contributed by atoms with Crippen LogP contribution in [-0.2, 0) is 16.6 Å². The molecule has 0 amide bonds. The molecule has 3 aliphatic carbocycles. The Morgan fingerprint density at radius 2 is 1.90 bits per heavy atom. The lowest BCUT2D eigenvalue weighted by molar-refractivity contribution is -0.241. The highest BCUT2D eigenvalue weighted by Gasteiger charge is 2.65. The van der Waals surface area contributed by atoms with Gasteiger partial charge in [-0.1, -0.05) is 32.0 Å². The number of ether oxygens (including phenoxy) is 1. The lowest BCUT2D eigenvalue weighted by atomic mass is 9.43. The Bertz CT molecular complexity index is 1020. The topological polar surface area (TPSA) is 65.5 Å². The van der Waals surface area contributed by atoms with Crippen LogP contribution in [0.3, 0.4) is 0 Å². The monoisotopic (exact) mass is 423 g/mol. The van der Waals surface area contributed by atoms with Crippen LogP contribution < -0.4 is 0 Å². The van der Waals surface area contributed by atoms with Crippen LogP contribution in [0.15, 0.2) is 24.3 Å². The molecule has 4 nitrogen and oxygen atoms in total. The van der Waals surface area contributed by atoms with Crippen molar-refractivity contribution in [2.75, 3.05) is 0 Å². The SMILES string of the molecule is CC(C)(O)[C@@H]1C[C@@H](O)C2[C@H](CC[C@@]3(C)[C@H]2CC[C@H]2Cc4c([nH]c5ccccc45)[C@@]23C)O1. The van der Waals surface area contributed by atoms with Crippen molar-refractivity contribution in [1.29, 1.82) is 0 Å². The van der Waals surface area contributed by atoms with Gasteiger partial charge in [0.1, 0.15) is 0 Å². The number of fused-ring (bicyclic) bond motifs is 9. The van der Waals surface area contributed by atoms with Crippen LogP contribution in [-0.4, -0.2) is 39.1 Å². The van der Waals surface area contributed by atoms with Crippen LogP contribution in [0.25, 0.3) is 10.9 Å². The van der Waals surface area contributed by atoms with Gasteiger partial charge < -0.3 is 19.9 Å². The van der Waals surface area contributed by atoms with Crippen LogP contribution in [0.4, 0.5) is 0 Å². The summed E-state index contributed by atoms with van der Waals surface area (Å²) in [7, 11) is 0. The van der Waals surface area contributed by atoms with Crippen LogP contribution in [0, 0.1) is 23.2 Å². The zero-order valence-corrected chi connectivity index (χ0v) is 19.3. The van der Waals surface area contributed by atoms with Crippen LogP contribution in [0.5, 0.6) is 0 Å². The highest BCUT2D eigenvalue weighted by molar-refractivity contribution is 5.86. The number of rotatable bonds is 1. The number of benzene rings is 1. The summed E-state index contributed by atoms with van der Waals surface area (Å²) in [6.45, 7) is 8.64. The van der Waals surface area contributed by atoms with E-state index >= 15 is 0 Å². The van der Waals surface area contributed by atoms with Gasteiger partial charge >= 0.3 is 0 Å². The molecule has 168 valence electrons. The van der Waals surface area contributed by atoms with E-state index < -0.39 is 11.7 Å². The van der Waals surface area contributed by atoms with E-state index in [0.717, 1.165) is 12.8 Å². The van der Waals surface area contributed by atoms with E-state index in [1.54, 1.807) is 13.8 Å². The Morgan fingerprint density at radius 3 is 2.68 bits per heavy atom. The molecule has 3 N–H and O–H groups in total. The van der Waals surface area contributed by atoms with E-state index in [1.807, 2.05) is 0 Å². The van der Waals surface area contributed by atoms with Crippen molar-refractivity contribution in [2.45, 2.75) is 95.5 Å². The summed E-state index contributed by atoms with van der Waals surface area (Å²) in [6, 6.07) is 8.77. The number of hydrogen-bond acceptors (Lipinski definition) is 3. The highest BCUT2D eigenvalue weighted by atomic mass is 16.5. The van der Waals surface area contributed by atoms with Crippen molar-refractivity contribution in [3.05, 3.63) is 35.5 Å². The van der Waals surface area contributed by atoms with Gasteiger partial charge in [-0.3, -0.25) is 0 Å². The fraction of sp³-hybridized carbons (Fsp3) is 0.704. The van der Waals surface area contributed by atoms with Gasteiger partial charge in [-0.05, 0) is 74.8 Å². The van der Waals surface area contributed by atoms with Gasteiger partial charge in [-0.15, -0.1) is 0 Å². The van der Waals surface area contributed by atoms with Crippen LogP contribution >= 0.6 is 0 Å². The highest BCUT2D eigenvalue weighted by Crippen LogP contribution is 2.68. The predicted molar refractivity (Wildman–Crippen MR) is 122 cm³/mol. The standard InChI is InChI=1S/C27H37NO3/c1-25(2,30)22-14-20(29)23-18-10-9-15-13-17-16-7-5-6-8-19(16)28-24(17)27(15,4)26(18,3)12-11-21(23)31-22/h5-8,15,18,20-23,28-30H,9-14H2,1-4H3/t15-,18-,20+,21-,22-,23?,26-,27+/m0/s1. The van der Waals surface area contributed by atoms with Crippen molar-refractivity contribution >= 4 is 10.9 Å². The molecule has 2 saturated carbocycles. The molecule has 0 spiro atoms. The fourth-order valence-electron chi connectivity index (χ4n) is 8.47. The number of nitrogens with one attached hydrogen (secondary N) is 1. The molecule has 4 heteroatoms. The molecule has 1 unspecified atom stereocenters. The number of para-hydroxylation sites is 1. The van der Waals surface area contributed by atoms with Crippen molar-refractivity contribution < 1.29 is 14.9 Å². The third kappa shape index (κ3) is 2.53. The molecule has 8 atom stereocenters. The van der Waals surface area contributed by atoms with E-state index in [0.29, 0.717) is 18.3 Å². The van der Waals surface area contributed by atoms with Crippen molar-refractivity contribution in [3.63, 3.8) is 0 Å². The zero-order chi connectivity index (χ0) is 21.8. The zero-order valence-electron chi connectivity index (χ0n) is 19.3. The first kappa shape index (κ1) is 20.3. The summed E-state index contributed by atoms with van der Waals surface area (Å²) in [6.07, 6.45) is 5.57. The van der Waals surface area contributed by atoms with Gasteiger partial charge in [0.15, 0.2) is 0 Å². The predicted octanol–water partition coefficient (Wildman–Crippen LogP) is 4.71. The minimum Gasteiger partial charge on any atom is -0.393 e. The van der Waals surface area contributed by atoms with Gasteiger partial charge in [0.25, 0.3) is 0 Å². The average Bonchev–Trinajstić information content (AvgIpc) is 3.22. The lowest BCUT2D eigenvalue weighted by Crippen LogP contribution is -2.64. The number of H-pyrrole nitrogens is 1. The Morgan fingerprint density at radius 1 is 1.13 bits per heavy atom. The quantitative estimate of drug-likeness (QED) is 0.622. The number of aliphatic hydroxyl groups is 2. The number of aromatic amines is 1. The third-order valence-corrected chi connectivity index (χ3v) is 10.3. The molecular formula is C27H37NO3. The summed E-state index contributed by atoms with van der Waals surface area (Å²) in [5.74, 6) is 1.29. The summed E-state index contributed by atoms with van der Waals surface area (Å²) < 4.78 is 6.46. The summed E-state index contributed by atoms with van der Waals surface area (Å²) in [4.78, 5) is 3.86. The molecule has 4 aliphatic rings. The lowest BCUT2D eigenvalue weighted by Gasteiger charge is -2.63. The smallest absolute Gasteiger partial charge is 0.0885 e. The van der Waals surface area contributed by atoms with Crippen molar-refractivity contribution in [2.24, 2.45) is 23.2 Å². The fourth-order valence-corrected chi connectivity index (χ4v) is 8.47. The van der Waals surface area contributed by atoms with Gasteiger partial charge in [0.05, 0.1) is 23.9 Å². The molecule has 3 fully saturated rings. The number of hydrogen-bond donors (Lipinski definition) is 3. The van der Waals surface area contributed by atoms with Crippen LogP contribution in [0.1, 0.15) is 71.1 Å². The van der Waals surface area contributed by atoms with E-state index in [-0.39, 0.29) is 29.0 Å². The van der Waals surface area contributed by atoms with E-state index in [2.05, 4.69) is 43.1 Å². The first-order valence-corrected chi connectivity index (χ1v) is 12.3. The first-order chi connectivity index (χ1) is 14.6. The second kappa shape index (κ2) is 6.36. The van der Waals surface area contributed by atoms with Gasteiger partial charge in [-0.2, -0.15) is 0 Å². The molecule has 1 aliphatic heterocycles. The molecule has 1 aromatic carbocycles. The average molecular weight is 424 g/mol. The van der Waals surface area contributed by atoms with Gasteiger partial charge in [-0.25, -0.2) is 0 Å². The second-order valence-corrected chi connectivity index (χ2v) is 12.0. The maximum Gasteiger partial charge on any atom is 0.0885 e. The molecule has 1 aromatic heterocycles. The number of aliphatic hydroxyl groups excluding tert-OH is 1. The summed E-state index contributed by atoms with van der Waals surface area (Å²) in [5, 5.41) is 23.3. The van der Waals surface area contributed by atoms with E-state index in [4.69, 9.17) is 4.74 Å². The molecule has 1 saturated heterocycles. The minimum atomic E-state index is -0.916. The normalized spacial score (nSPS) is 44.5. The molecule has 2 aromatic rings.